The maximum Gasteiger partial charge on any atom is 0.152 e. The molecule has 80 valence electrons. The van der Waals surface area contributed by atoms with Crippen LogP contribution in [0.4, 0.5) is 0 Å². The van der Waals surface area contributed by atoms with Gasteiger partial charge in [0.2, 0.25) is 0 Å². The molecule has 0 radical (unpaired) electrons. The Morgan fingerprint density at radius 2 is 2.21 bits per heavy atom. The van der Waals surface area contributed by atoms with Crippen molar-refractivity contribution in [1.29, 1.82) is 0 Å². The van der Waals surface area contributed by atoms with E-state index in [-0.39, 0.29) is 5.60 Å². The maximum absolute atomic E-state index is 9.43. The summed E-state index contributed by atoms with van der Waals surface area (Å²) in [5, 5.41) is 9.43. The van der Waals surface area contributed by atoms with Crippen LogP contribution in [0.3, 0.4) is 0 Å². The highest BCUT2D eigenvalue weighted by Crippen LogP contribution is 2.62. The van der Waals surface area contributed by atoms with Crippen LogP contribution < -0.4 is 0 Å². The van der Waals surface area contributed by atoms with E-state index in [1.165, 1.54) is 38.5 Å². The van der Waals surface area contributed by atoms with Crippen molar-refractivity contribution in [3.63, 3.8) is 0 Å². The van der Waals surface area contributed by atoms with Gasteiger partial charge in [0.25, 0.3) is 0 Å². The van der Waals surface area contributed by atoms with Crippen LogP contribution in [-0.2, 0) is 4.74 Å². The molecule has 0 aromatic carbocycles. The third-order valence-corrected chi connectivity index (χ3v) is 4.80. The Morgan fingerprint density at radius 3 is 3.00 bits per heavy atom. The molecule has 3 fully saturated rings. The van der Waals surface area contributed by atoms with Gasteiger partial charge in [-0.1, -0.05) is 6.42 Å². The lowest BCUT2D eigenvalue weighted by Crippen LogP contribution is -2.39. The van der Waals surface area contributed by atoms with Crippen LogP contribution in [0.25, 0.3) is 0 Å². The molecule has 3 saturated carbocycles. The zero-order chi connectivity index (χ0) is 9.76. The third-order valence-electron chi connectivity index (χ3n) is 4.80. The van der Waals surface area contributed by atoms with Gasteiger partial charge in [0.1, 0.15) is 0 Å². The van der Waals surface area contributed by atoms with Crippen LogP contribution in [0.5, 0.6) is 0 Å². The van der Waals surface area contributed by atoms with Gasteiger partial charge in [0.05, 0.1) is 5.60 Å². The third kappa shape index (κ3) is 1.10. The lowest BCUT2D eigenvalue weighted by Gasteiger charge is -2.36. The topological polar surface area (TPSA) is 29.5 Å². The van der Waals surface area contributed by atoms with Crippen molar-refractivity contribution in [3.8, 4) is 0 Å². The molecule has 2 heteroatoms. The van der Waals surface area contributed by atoms with Crippen molar-refractivity contribution in [2.75, 3.05) is 0 Å². The first-order valence-electron chi connectivity index (χ1n) is 6.07. The first-order valence-corrected chi connectivity index (χ1v) is 6.07. The molecular formula is C12H20O2. The van der Waals surface area contributed by atoms with Gasteiger partial charge >= 0.3 is 0 Å². The molecule has 5 atom stereocenters. The first-order chi connectivity index (χ1) is 6.71. The Kier molecular flexibility index (Phi) is 1.94. The zero-order valence-electron chi connectivity index (χ0n) is 8.91. The molecule has 0 amide bonds. The van der Waals surface area contributed by atoms with E-state index in [0.29, 0.717) is 0 Å². The number of hydrogen-bond donors (Lipinski definition) is 1. The fourth-order valence-electron chi connectivity index (χ4n) is 4.52. The monoisotopic (exact) mass is 196 g/mol. The molecule has 0 saturated heterocycles. The lowest BCUT2D eigenvalue weighted by atomic mass is 9.79. The number of fused-ring (bicyclic) bond motifs is 5. The Hall–Kier alpha value is -0.0800. The summed E-state index contributed by atoms with van der Waals surface area (Å²) >= 11 is 0. The first kappa shape index (κ1) is 9.17. The van der Waals surface area contributed by atoms with Gasteiger partial charge in [-0.3, -0.25) is 0 Å². The molecule has 0 aromatic heterocycles. The van der Waals surface area contributed by atoms with Crippen molar-refractivity contribution in [1.82, 2.24) is 0 Å². The molecule has 3 aliphatic rings. The Balaban J connectivity index is 1.84. The van der Waals surface area contributed by atoms with Gasteiger partial charge in [-0.15, -0.1) is 0 Å². The quantitative estimate of drug-likeness (QED) is 0.687. The van der Waals surface area contributed by atoms with Crippen LogP contribution in [0.15, 0.2) is 0 Å². The predicted molar refractivity (Wildman–Crippen MR) is 53.7 cm³/mol. The second kappa shape index (κ2) is 2.96. The number of aliphatic hydroxyl groups is 1. The molecule has 14 heavy (non-hydrogen) atoms. The molecule has 3 rings (SSSR count). The second-order valence-corrected chi connectivity index (χ2v) is 5.49. The van der Waals surface area contributed by atoms with E-state index in [4.69, 9.17) is 4.74 Å². The molecule has 0 aliphatic heterocycles. The van der Waals surface area contributed by atoms with Gasteiger partial charge < -0.3 is 9.84 Å². The Labute approximate surface area is 85.6 Å². The van der Waals surface area contributed by atoms with Crippen molar-refractivity contribution in [2.24, 2.45) is 17.8 Å². The minimum Gasteiger partial charge on any atom is -0.368 e. The average molecular weight is 196 g/mol. The van der Waals surface area contributed by atoms with Gasteiger partial charge in [0, 0.05) is 0 Å². The van der Waals surface area contributed by atoms with Gasteiger partial charge in [-0.25, -0.2) is 0 Å². The summed E-state index contributed by atoms with van der Waals surface area (Å²) in [6.45, 7) is 1.75. The van der Waals surface area contributed by atoms with E-state index in [1.54, 1.807) is 6.92 Å². The van der Waals surface area contributed by atoms with Gasteiger partial charge in [-0.2, -0.15) is 0 Å². The summed E-state index contributed by atoms with van der Waals surface area (Å²) in [7, 11) is 0. The number of ether oxygens (including phenoxy) is 1. The summed E-state index contributed by atoms with van der Waals surface area (Å²) in [5.41, 5.74) is 0.0833. The fourth-order valence-corrected chi connectivity index (χ4v) is 4.52. The van der Waals surface area contributed by atoms with Crippen molar-refractivity contribution < 1.29 is 9.84 Å². The molecule has 5 unspecified atom stereocenters. The summed E-state index contributed by atoms with van der Waals surface area (Å²) in [6.07, 6.45) is 7.34. The van der Waals surface area contributed by atoms with Crippen LogP contribution in [0.2, 0.25) is 0 Å². The summed E-state index contributed by atoms with van der Waals surface area (Å²) in [6, 6.07) is 0. The molecule has 2 nitrogen and oxygen atoms in total. The van der Waals surface area contributed by atoms with E-state index >= 15 is 0 Å². The zero-order valence-corrected chi connectivity index (χ0v) is 8.91. The van der Waals surface area contributed by atoms with E-state index in [2.05, 4.69) is 0 Å². The van der Waals surface area contributed by atoms with Gasteiger partial charge in [0.15, 0.2) is 6.29 Å². The SMILES string of the molecule is CC(O)OC12CCC(C1)C1CCCC12. The van der Waals surface area contributed by atoms with Crippen molar-refractivity contribution >= 4 is 0 Å². The highest BCUT2D eigenvalue weighted by molar-refractivity contribution is 5.10. The summed E-state index contributed by atoms with van der Waals surface area (Å²) in [4.78, 5) is 0. The lowest BCUT2D eigenvalue weighted by molar-refractivity contribution is -0.191. The van der Waals surface area contributed by atoms with Crippen molar-refractivity contribution in [2.45, 2.75) is 57.3 Å². The number of rotatable bonds is 2. The fraction of sp³-hybridized carbons (Fsp3) is 1.00. The standard InChI is InChI=1S/C12H20O2/c1-8(13)14-12-6-5-9(7-12)10-3-2-4-11(10)12/h8-11,13H,2-7H2,1H3. The number of aliphatic hydroxyl groups excluding tert-OH is 1. The minimum absolute atomic E-state index is 0.0833. The van der Waals surface area contributed by atoms with Crippen LogP contribution >= 0.6 is 0 Å². The number of hydrogen-bond acceptors (Lipinski definition) is 2. The van der Waals surface area contributed by atoms with E-state index in [9.17, 15) is 5.11 Å². The van der Waals surface area contributed by atoms with Crippen molar-refractivity contribution in [3.05, 3.63) is 0 Å². The molecule has 3 aliphatic carbocycles. The van der Waals surface area contributed by atoms with E-state index in [1.807, 2.05) is 0 Å². The molecule has 0 aromatic rings. The van der Waals surface area contributed by atoms with Crippen LogP contribution in [0.1, 0.15) is 45.4 Å². The molecule has 0 heterocycles. The summed E-state index contributed by atoms with van der Waals surface area (Å²) < 4.78 is 5.86. The molecular weight excluding hydrogens is 176 g/mol. The maximum atomic E-state index is 9.43. The average Bonchev–Trinajstić information content (AvgIpc) is 2.68. The van der Waals surface area contributed by atoms with Crippen LogP contribution in [-0.4, -0.2) is 17.0 Å². The predicted octanol–water partition coefficient (Wildman–Crippen LogP) is 2.31. The van der Waals surface area contributed by atoms with Crippen LogP contribution in [0, 0.1) is 17.8 Å². The molecule has 1 N–H and O–H groups in total. The normalized spacial score (nSPS) is 52.3. The Morgan fingerprint density at radius 1 is 1.36 bits per heavy atom. The highest BCUT2D eigenvalue weighted by atomic mass is 16.6. The minimum atomic E-state index is -0.576. The second-order valence-electron chi connectivity index (χ2n) is 5.49. The van der Waals surface area contributed by atoms with Gasteiger partial charge in [-0.05, 0) is 56.8 Å². The summed E-state index contributed by atoms with van der Waals surface area (Å²) in [5.74, 6) is 2.62. The van der Waals surface area contributed by atoms with E-state index < -0.39 is 6.29 Å². The van der Waals surface area contributed by atoms with E-state index in [0.717, 1.165) is 17.8 Å². The molecule has 0 spiro atoms. The largest absolute Gasteiger partial charge is 0.368 e. The highest BCUT2D eigenvalue weighted by Gasteiger charge is 2.59. The smallest absolute Gasteiger partial charge is 0.152 e. The Bertz CT molecular complexity index is 238. The molecule has 2 bridgehead atoms.